The number of hydrogen-bond acceptors (Lipinski definition) is 5. The molecule has 1 N–H and O–H groups in total. The van der Waals surface area contributed by atoms with Crippen LogP contribution in [-0.4, -0.2) is 46.9 Å². The van der Waals surface area contributed by atoms with E-state index in [0.29, 0.717) is 0 Å². The molecular weight excluding hydrogens is 272 g/mol. The first-order valence-electron chi connectivity index (χ1n) is 5.71. The van der Waals surface area contributed by atoms with Gasteiger partial charge in [0.25, 0.3) is 10.0 Å². The van der Waals surface area contributed by atoms with E-state index in [0.717, 1.165) is 4.31 Å². The number of hydrogen-bond donors (Lipinski definition) is 1. The summed E-state index contributed by atoms with van der Waals surface area (Å²) in [5.74, 6) is -1.22. The standard InChI is InChI=1S/C10H14N4O4S/c1-3-7-10(16)12-8(15)6-14(7)19(17,18)9-4-5-11-13(9)2/h4-5,7H,3,6H2,1-2H3,(H,12,15,16). The summed E-state index contributed by atoms with van der Waals surface area (Å²) in [6, 6.07) is 0.455. The molecule has 0 radical (unpaired) electrons. The SMILES string of the molecule is CCC1C(=O)NC(=O)CN1S(=O)(=O)c1ccnn1C. The highest BCUT2D eigenvalue weighted by atomic mass is 32.2. The first kappa shape index (κ1) is 13.7. The molecule has 1 unspecified atom stereocenters. The van der Waals surface area contributed by atoms with Crippen molar-refractivity contribution in [3.8, 4) is 0 Å². The minimum Gasteiger partial charge on any atom is -0.294 e. The highest BCUT2D eigenvalue weighted by molar-refractivity contribution is 7.89. The third-order valence-electron chi connectivity index (χ3n) is 2.95. The van der Waals surface area contributed by atoms with Crippen LogP contribution in [0.1, 0.15) is 13.3 Å². The van der Waals surface area contributed by atoms with E-state index in [1.807, 2.05) is 0 Å². The summed E-state index contributed by atoms with van der Waals surface area (Å²) in [6.07, 6.45) is 1.63. The Morgan fingerprint density at radius 1 is 1.47 bits per heavy atom. The normalized spacial score (nSPS) is 21.5. The molecule has 0 saturated carbocycles. The van der Waals surface area contributed by atoms with Gasteiger partial charge in [-0.2, -0.15) is 9.40 Å². The van der Waals surface area contributed by atoms with Crippen LogP contribution in [0.5, 0.6) is 0 Å². The van der Waals surface area contributed by atoms with Crippen molar-refractivity contribution in [1.29, 1.82) is 0 Å². The number of aryl methyl sites for hydroxylation is 1. The zero-order valence-electron chi connectivity index (χ0n) is 10.5. The fourth-order valence-corrected chi connectivity index (χ4v) is 3.74. The van der Waals surface area contributed by atoms with Crippen molar-refractivity contribution in [3.05, 3.63) is 12.3 Å². The van der Waals surface area contributed by atoms with Crippen molar-refractivity contribution < 1.29 is 18.0 Å². The summed E-state index contributed by atoms with van der Waals surface area (Å²) < 4.78 is 27.0. The number of imide groups is 1. The van der Waals surface area contributed by atoms with Gasteiger partial charge in [-0.15, -0.1) is 0 Å². The van der Waals surface area contributed by atoms with E-state index >= 15 is 0 Å². The molecule has 0 spiro atoms. The summed E-state index contributed by atoms with van der Waals surface area (Å²) >= 11 is 0. The topological polar surface area (TPSA) is 101 Å². The molecule has 1 fully saturated rings. The van der Waals surface area contributed by atoms with Crippen LogP contribution in [0.15, 0.2) is 17.3 Å². The zero-order chi connectivity index (χ0) is 14.2. The fourth-order valence-electron chi connectivity index (χ4n) is 2.02. The monoisotopic (exact) mass is 286 g/mol. The summed E-state index contributed by atoms with van der Waals surface area (Å²) in [7, 11) is -2.44. The average molecular weight is 286 g/mol. The van der Waals surface area contributed by atoms with E-state index in [2.05, 4.69) is 10.4 Å². The molecule has 1 aliphatic rings. The van der Waals surface area contributed by atoms with Gasteiger partial charge in [-0.3, -0.25) is 19.6 Å². The van der Waals surface area contributed by atoms with E-state index in [9.17, 15) is 18.0 Å². The Balaban J connectivity index is 2.46. The second kappa shape index (κ2) is 4.74. The number of piperazine rings is 1. The minimum absolute atomic E-state index is 0.0477. The van der Waals surface area contributed by atoms with Crippen molar-refractivity contribution >= 4 is 21.8 Å². The molecule has 1 atom stereocenters. The maximum atomic E-state index is 12.5. The number of nitrogens with zero attached hydrogens (tertiary/aromatic N) is 3. The predicted octanol–water partition coefficient (Wildman–Crippen LogP) is -1.15. The van der Waals surface area contributed by atoms with E-state index < -0.39 is 27.9 Å². The van der Waals surface area contributed by atoms with E-state index in [1.165, 1.54) is 24.0 Å². The van der Waals surface area contributed by atoms with Crippen LogP contribution in [0.3, 0.4) is 0 Å². The third kappa shape index (κ3) is 2.26. The third-order valence-corrected chi connectivity index (χ3v) is 4.88. The highest BCUT2D eigenvalue weighted by Crippen LogP contribution is 2.20. The number of carbonyl (C=O) groups is 2. The van der Waals surface area contributed by atoms with Crippen molar-refractivity contribution in [3.63, 3.8) is 0 Å². The molecule has 0 bridgehead atoms. The lowest BCUT2D eigenvalue weighted by atomic mass is 10.2. The molecule has 2 rings (SSSR count). The van der Waals surface area contributed by atoms with Crippen molar-refractivity contribution in [2.45, 2.75) is 24.4 Å². The Bertz CT molecular complexity index is 621. The highest BCUT2D eigenvalue weighted by Gasteiger charge is 2.41. The van der Waals surface area contributed by atoms with Crippen molar-refractivity contribution in [1.82, 2.24) is 19.4 Å². The molecule has 2 amide bonds. The van der Waals surface area contributed by atoms with Gasteiger partial charge in [0, 0.05) is 7.05 Å². The Labute approximate surface area is 110 Å². The number of amides is 2. The summed E-state index contributed by atoms with van der Waals surface area (Å²) in [4.78, 5) is 23.1. The van der Waals surface area contributed by atoms with Crippen molar-refractivity contribution in [2.75, 3.05) is 6.54 Å². The van der Waals surface area contributed by atoms with E-state index in [-0.39, 0.29) is 18.0 Å². The van der Waals surface area contributed by atoms with Gasteiger partial charge in [0.1, 0.15) is 6.04 Å². The first-order chi connectivity index (χ1) is 8.87. The molecule has 19 heavy (non-hydrogen) atoms. The number of nitrogens with one attached hydrogen (secondary N) is 1. The summed E-state index contributed by atoms with van der Waals surface area (Å²) in [5, 5.41) is 5.88. The lowest BCUT2D eigenvalue weighted by Gasteiger charge is -2.32. The molecule has 0 aliphatic carbocycles. The smallest absolute Gasteiger partial charge is 0.261 e. The number of aromatic nitrogens is 2. The first-order valence-corrected chi connectivity index (χ1v) is 7.15. The molecule has 2 heterocycles. The molecule has 104 valence electrons. The lowest BCUT2D eigenvalue weighted by Crippen LogP contribution is -2.59. The largest absolute Gasteiger partial charge is 0.294 e. The Kier molecular flexibility index (Phi) is 3.42. The second-order valence-electron chi connectivity index (χ2n) is 4.18. The van der Waals surface area contributed by atoms with Gasteiger partial charge in [-0.25, -0.2) is 8.42 Å². The second-order valence-corrected chi connectivity index (χ2v) is 6.02. The van der Waals surface area contributed by atoms with Crippen LogP contribution in [0.25, 0.3) is 0 Å². The molecular formula is C10H14N4O4S. The van der Waals surface area contributed by atoms with Gasteiger partial charge in [-0.05, 0) is 12.5 Å². The molecule has 9 heteroatoms. The van der Waals surface area contributed by atoms with Gasteiger partial charge in [0.2, 0.25) is 11.8 Å². The fraction of sp³-hybridized carbons (Fsp3) is 0.500. The molecule has 1 aromatic heterocycles. The summed E-state index contributed by atoms with van der Waals surface area (Å²) in [6.45, 7) is 1.32. The lowest BCUT2D eigenvalue weighted by molar-refractivity contribution is -0.137. The van der Waals surface area contributed by atoms with Crippen LogP contribution < -0.4 is 5.32 Å². The number of carbonyl (C=O) groups excluding carboxylic acids is 2. The van der Waals surface area contributed by atoms with Gasteiger partial charge in [0.05, 0.1) is 12.7 Å². The average Bonchev–Trinajstić information content (AvgIpc) is 2.75. The van der Waals surface area contributed by atoms with Crippen LogP contribution in [0.2, 0.25) is 0 Å². The van der Waals surface area contributed by atoms with Gasteiger partial charge >= 0.3 is 0 Å². The Morgan fingerprint density at radius 3 is 2.68 bits per heavy atom. The van der Waals surface area contributed by atoms with E-state index in [1.54, 1.807) is 6.92 Å². The van der Waals surface area contributed by atoms with Crippen LogP contribution in [-0.2, 0) is 26.7 Å². The van der Waals surface area contributed by atoms with Gasteiger partial charge < -0.3 is 0 Å². The maximum Gasteiger partial charge on any atom is 0.261 e. The Hall–Kier alpha value is -1.74. The minimum atomic E-state index is -3.92. The number of rotatable bonds is 3. The van der Waals surface area contributed by atoms with Crippen LogP contribution in [0.4, 0.5) is 0 Å². The van der Waals surface area contributed by atoms with Crippen LogP contribution in [0, 0.1) is 0 Å². The maximum absolute atomic E-state index is 12.5. The quantitative estimate of drug-likeness (QED) is 0.707. The van der Waals surface area contributed by atoms with Gasteiger partial charge in [0.15, 0.2) is 5.03 Å². The molecule has 0 aromatic carbocycles. The van der Waals surface area contributed by atoms with Crippen molar-refractivity contribution in [2.24, 2.45) is 7.05 Å². The summed E-state index contributed by atoms with van der Waals surface area (Å²) in [5.41, 5.74) is 0. The predicted molar refractivity (Wildman–Crippen MR) is 64.3 cm³/mol. The van der Waals surface area contributed by atoms with E-state index in [4.69, 9.17) is 0 Å². The molecule has 1 aromatic rings. The molecule has 1 aliphatic heterocycles. The zero-order valence-corrected chi connectivity index (χ0v) is 11.3. The van der Waals surface area contributed by atoms with Gasteiger partial charge in [-0.1, -0.05) is 6.92 Å². The molecule has 8 nitrogen and oxygen atoms in total. The van der Waals surface area contributed by atoms with Crippen LogP contribution >= 0.6 is 0 Å². The Morgan fingerprint density at radius 2 is 2.16 bits per heavy atom. The molecule has 1 saturated heterocycles. The number of sulfonamides is 1.